The lowest BCUT2D eigenvalue weighted by atomic mass is 10.1. The van der Waals surface area contributed by atoms with E-state index in [9.17, 15) is 0 Å². The number of nitrogens with one attached hydrogen (secondary N) is 1. The van der Waals surface area contributed by atoms with Gasteiger partial charge in [0.2, 0.25) is 6.39 Å². The van der Waals surface area contributed by atoms with Crippen LogP contribution in [0.5, 0.6) is 11.5 Å². The molecule has 0 saturated carbocycles. The van der Waals surface area contributed by atoms with Crippen LogP contribution in [-0.4, -0.2) is 24.4 Å². The molecule has 0 fully saturated rings. The molecule has 0 amide bonds. The summed E-state index contributed by atoms with van der Waals surface area (Å²) in [6, 6.07) is 5.97. The van der Waals surface area contributed by atoms with Crippen molar-refractivity contribution in [2.45, 2.75) is 19.5 Å². The number of ether oxygens (including phenoxy) is 2. The Morgan fingerprint density at radius 2 is 2.05 bits per heavy atom. The van der Waals surface area contributed by atoms with Gasteiger partial charge in [-0.2, -0.15) is 4.98 Å². The van der Waals surface area contributed by atoms with Gasteiger partial charge in [0.25, 0.3) is 0 Å². The molecule has 0 aliphatic rings. The number of hydrogen-bond acceptors (Lipinski definition) is 6. The van der Waals surface area contributed by atoms with Gasteiger partial charge in [-0.1, -0.05) is 11.2 Å². The zero-order valence-electron chi connectivity index (χ0n) is 11.2. The molecule has 0 aliphatic heterocycles. The summed E-state index contributed by atoms with van der Waals surface area (Å²) in [5.41, 5.74) is 1.10. The average Bonchev–Trinajstić information content (AvgIpc) is 2.97. The molecule has 6 nitrogen and oxygen atoms in total. The van der Waals surface area contributed by atoms with E-state index in [-0.39, 0.29) is 6.04 Å². The first-order valence-corrected chi connectivity index (χ1v) is 5.95. The van der Waals surface area contributed by atoms with Crippen LogP contribution in [0.15, 0.2) is 29.1 Å². The zero-order chi connectivity index (χ0) is 13.7. The van der Waals surface area contributed by atoms with Crippen LogP contribution < -0.4 is 14.8 Å². The lowest BCUT2D eigenvalue weighted by Crippen LogP contribution is -2.18. The van der Waals surface area contributed by atoms with Gasteiger partial charge < -0.3 is 19.3 Å². The van der Waals surface area contributed by atoms with Gasteiger partial charge in [-0.15, -0.1) is 0 Å². The highest BCUT2D eigenvalue weighted by Gasteiger charge is 2.10. The summed E-state index contributed by atoms with van der Waals surface area (Å²) >= 11 is 0. The Hall–Kier alpha value is -2.08. The highest BCUT2D eigenvalue weighted by atomic mass is 16.5. The van der Waals surface area contributed by atoms with Crippen molar-refractivity contribution >= 4 is 0 Å². The lowest BCUT2D eigenvalue weighted by Gasteiger charge is -2.15. The zero-order valence-corrected chi connectivity index (χ0v) is 11.2. The second-order valence-electron chi connectivity index (χ2n) is 4.06. The lowest BCUT2D eigenvalue weighted by molar-refractivity contribution is 0.354. The summed E-state index contributed by atoms with van der Waals surface area (Å²) in [5.74, 6) is 2.07. The molecule has 1 N–H and O–H groups in total. The van der Waals surface area contributed by atoms with E-state index < -0.39 is 0 Å². The molecule has 1 heterocycles. The van der Waals surface area contributed by atoms with Gasteiger partial charge >= 0.3 is 0 Å². The fourth-order valence-electron chi connectivity index (χ4n) is 1.75. The van der Waals surface area contributed by atoms with E-state index >= 15 is 0 Å². The SMILES string of the molecule is COc1ccc(C(C)NCc2ncon2)cc1OC. The molecule has 0 bridgehead atoms. The van der Waals surface area contributed by atoms with Crippen molar-refractivity contribution in [1.29, 1.82) is 0 Å². The summed E-state index contributed by atoms with van der Waals surface area (Å²) in [6.45, 7) is 2.60. The third-order valence-corrected chi connectivity index (χ3v) is 2.88. The number of methoxy groups -OCH3 is 2. The number of benzene rings is 1. The number of hydrogen-bond donors (Lipinski definition) is 1. The molecule has 1 atom stereocenters. The van der Waals surface area contributed by atoms with Gasteiger partial charge in [0, 0.05) is 6.04 Å². The van der Waals surface area contributed by atoms with E-state index in [1.165, 1.54) is 6.39 Å². The smallest absolute Gasteiger partial charge is 0.213 e. The predicted molar refractivity (Wildman–Crippen MR) is 69.1 cm³/mol. The van der Waals surface area contributed by atoms with Gasteiger partial charge in [-0.3, -0.25) is 0 Å². The van der Waals surface area contributed by atoms with Crippen LogP contribution in [0.4, 0.5) is 0 Å². The first-order valence-electron chi connectivity index (χ1n) is 5.95. The molecule has 2 aromatic rings. The highest BCUT2D eigenvalue weighted by molar-refractivity contribution is 5.43. The second-order valence-corrected chi connectivity index (χ2v) is 4.06. The van der Waals surface area contributed by atoms with E-state index in [1.807, 2.05) is 18.2 Å². The van der Waals surface area contributed by atoms with Crippen LogP contribution >= 0.6 is 0 Å². The maximum Gasteiger partial charge on any atom is 0.213 e. The minimum absolute atomic E-state index is 0.137. The average molecular weight is 263 g/mol. The minimum Gasteiger partial charge on any atom is -0.493 e. The molecule has 0 spiro atoms. The van der Waals surface area contributed by atoms with Crippen LogP contribution in [-0.2, 0) is 6.54 Å². The van der Waals surface area contributed by atoms with Crippen molar-refractivity contribution in [2.75, 3.05) is 14.2 Å². The van der Waals surface area contributed by atoms with Gasteiger partial charge in [0.05, 0.1) is 20.8 Å². The van der Waals surface area contributed by atoms with Crippen LogP contribution in [0, 0.1) is 0 Å². The molecule has 2 rings (SSSR count). The summed E-state index contributed by atoms with van der Waals surface area (Å²) < 4.78 is 15.2. The van der Waals surface area contributed by atoms with Gasteiger partial charge in [0.15, 0.2) is 17.3 Å². The van der Waals surface area contributed by atoms with E-state index in [0.717, 1.165) is 11.3 Å². The van der Waals surface area contributed by atoms with Crippen LogP contribution in [0.1, 0.15) is 24.4 Å². The molecule has 0 aliphatic carbocycles. The van der Waals surface area contributed by atoms with Gasteiger partial charge in [0.1, 0.15) is 0 Å². The van der Waals surface area contributed by atoms with Gasteiger partial charge in [-0.05, 0) is 24.6 Å². The summed E-state index contributed by atoms with van der Waals surface area (Å²) in [5, 5.41) is 7.06. The third kappa shape index (κ3) is 3.23. The van der Waals surface area contributed by atoms with E-state index in [0.29, 0.717) is 18.1 Å². The fraction of sp³-hybridized carbons (Fsp3) is 0.385. The largest absolute Gasteiger partial charge is 0.493 e. The first-order chi connectivity index (χ1) is 9.24. The number of nitrogens with zero attached hydrogens (tertiary/aromatic N) is 2. The summed E-state index contributed by atoms with van der Waals surface area (Å²) in [6.07, 6.45) is 1.32. The summed E-state index contributed by atoms with van der Waals surface area (Å²) in [7, 11) is 3.24. The Labute approximate surface area is 111 Å². The Morgan fingerprint density at radius 3 is 2.68 bits per heavy atom. The van der Waals surface area contributed by atoms with Crippen LogP contribution in [0.2, 0.25) is 0 Å². The van der Waals surface area contributed by atoms with Crippen LogP contribution in [0.3, 0.4) is 0 Å². The molecule has 19 heavy (non-hydrogen) atoms. The maximum atomic E-state index is 5.28. The van der Waals surface area contributed by atoms with E-state index in [4.69, 9.17) is 9.47 Å². The quantitative estimate of drug-likeness (QED) is 0.859. The maximum absolute atomic E-state index is 5.28. The van der Waals surface area contributed by atoms with Crippen molar-refractivity contribution in [3.63, 3.8) is 0 Å². The first kappa shape index (κ1) is 13.4. The van der Waals surface area contributed by atoms with Crippen molar-refractivity contribution in [2.24, 2.45) is 0 Å². The molecule has 0 radical (unpaired) electrons. The van der Waals surface area contributed by atoms with Crippen molar-refractivity contribution in [3.05, 3.63) is 36.0 Å². The Kier molecular flexibility index (Phi) is 4.35. The highest BCUT2D eigenvalue weighted by Crippen LogP contribution is 2.29. The molecular formula is C13H17N3O3. The number of rotatable bonds is 6. The normalized spacial score (nSPS) is 12.2. The Bertz CT molecular complexity index is 514. The minimum atomic E-state index is 0.137. The standard InChI is InChI=1S/C13H17N3O3/c1-9(14-7-13-15-8-19-16-13)10-4-5-11(17-2)12(6-10)18-3/h4-6,8-9,14H,7H2,1-3H3. The Balaban J connectivity index is 2.04. The van der Waals surface area contributed by atoms with Gasteiger partial charge in [-0.25, -0.2) is 0 Å². The molecule has 1 aromatic heterocycles. The van der Waals surface area contributed by atoms with Crippen molar-refractivity contribution < 1.29 is 14.0 Å². The molecule has 1 unspecified atom stereocenters. The number of aromatic nitrogens is 2. The van der Waals surface area contributed by atoms with Crippen molar-refractivity contribution in [1.82, 2.24) is 15.5 Å². The predicted octanol–water partition coefficient (Wildman–Crippen LogP) is 1.94. The topological polar surface area (TPSA) is 69.4 Å². The molecule has 1 aromatic carbocycles. The van der Waals surface area contributed by atoms with E-state index in [2.05, 4.69) is 26.9 Å². The second kappa shape index (κ2) is 6.19. The Morgan fingerprint density at radius 1 is 1.26 bits per heavy atom. The molecule has 6 heteroatoms. The molecule has 0 saturated heterocycles. The fourth-order valence-corrected chi connectivity index (χ4v) is 1.75. The van der Waals surface area contributed by atoms with Crippen LogP contribution in [0.25, 0.3) is 0 Å². The van der Waals surface area contributed by atoms with E-state index in [1.54, 1.807) is 14.2 Å². The summed E-state index contributed by atoms with van der Waals surface area (Å²) in [4.78, 5) is 3.96. The monoisotopic (exact) mass is 263 g/mol. The third-order valence-electron chi connectivity index (χ3n) is 2.88. The molecule has 102 valence electrons. The van der Waals surface area contributed by atoms with Crippen molar-refractivity contribution in [3.8, 4) is 11.5 Å². The molecular weight excluding hydrogens is 246 g/mol.